The molecule has 8 heteroatoms. The molecule has 2 aliphatic heterocycles. The van der Waals surface area contributed by atoms with Gasteiger partial charge in [0.25, 0.3) is 0 Å². The summed E-state index contributed by atoms with van der Waals surface area (Å²) in [5, 5.41) is 4.40. The van der Waals surface area contributed by atoms with Crippen molar-refractivity contribution < 1.29 is 19.1 Å². The number of ether oxygens (including phenoxy) is 1. The Balaban J connectivity index is 1.54. The Kier molecular flexibility index (Phi) is 5.37. The molecule has 0 unspecified atom stereocenters. The Morgan fingerprint density at radius 1 is 1.22 bits per heavy atom. The summed E-state index contributed by atoms with van der Waals surface area (Å²) in [7, 11) is 1.80. The molecule has 0 aromatic carbocycles. The van der Waals surface area contributed by atoms with Crippen molar-refractivity contribution in [1.82, 2.24) is 19.6 Å². The first kappa shape index (κ1) is 19.5. The van der Waals surface area contributed by atoms with Crippen LogP contribution in [0.2, 0.25) is 0 Å². The fourth-order valence-corrected chi connectivity index (χ4v) is 4.14. The van der Waals surface area contributed by atoms with E-state index in [2.05, 4.69) is 5.10 Å². The molecule has 1 aromatic heterocycles. The van der Waals surface area contributed by atoms with Gasteiger partial charge >= 0.3 is 0 Å². The number of carbonyl (C=O) groups is 3. The summed E-state index contributed by atoms with van der Waals surface area (Å²) < 4.78 is 7.58. The van der Waals surface area contributed by atoms with Crippen LogP contribution in [-0.4, -0.2) is 76.1 Å². The van der Waals surface area contributed by atoms with E-state index in [9.17, 15) is 14.4 Å². The molecule has 1 spiro atoms. The molecule has 27 heavy (non-hydrogen) atoms. The van der Waals surface area contributed by atoms with E-state index in [-0.39, 0.29) is 29.8 Å². The summed E-state index contributed by atoms with van der Waals surface area (Å²) in [6.45, 7) is 7.67. The Hall–Kier alpha value is -2.22. The third-order valence-electron chi connectivity index (χ3n) is 5.75. The van der Waals surface area contributed by atoms with Crippen molar-refractivity contribution in [3.63, 3.8) is 0 Å². The highest BCUT2D eigenvalue weighted by Crippen LogP contribution is 2.30. The zero-order valence-corrected chi connectivity index (χ0v) is 16.6. The maximum Gasteiger partial charge on any atom is 0.248 e. The molecule has 2 amide bonds. The highest BCUT2D eigenvalue weighted by Gasteiger charge is 2.41. The average molecular weight is 376 g/mol. The lowest BCUT2D eigenvalue weighted by Crippen LogP contribution is -2.58. The van der Waals surface area contributed by atoms with Crippen molar-refractivity contribution in [3.05, 3.63) is 17.0 Å². The lowest BCUT2D eigenvalue weighted by Gasteiger charge is -2.46. The quantitative estimate of drug-likeness (QED) is 0.730. The van der Waals surface area contributed by atoms with Crippen LogP contribution < -0.4 is 0 Å². The van der Waals surface area contributed by atoms with E-state index < -0.39 is 0 Å². The van der Waals surface area contributed by atoms with Gasteiger partial charge in [0.05, 0.1) is 16.9 Å². The number of hydrogen-bond acceptors (Lipinski definition) is 5. The number of morpholine rings is 1. The van der Waals surface area contributed by atoms with E-state index in [1.165, 1.54) is 6.92 Å². The topological polar surface area (TPSA) is 84.7 Å². The number of rotatable bonds is 4. The maximum atomic E-state index is 12.6. The fraction of sp³-hybridized carbons (Fsp3) is 0.684. The van der Waals surface area contributed by atoms with Crippen LogP contribution in [0.3, 0.4) is 0 Å². The molecule has 0 saturated carbocycles. The molecule has 0 N–H and O–H groups in total. The van der Waals surface area contributed by atoms with Gasteiger partial charge in [-0.2, -0.15) is 5.10 Å². The number of Topliss-reactive ketones (excluding diaryl/α,β-unsaturated/α-hetero) is 1. The summed E-state index contributed by atoms with van der Waals surface area (Å²) in [4.78, 5) is 39.5. The average Bonchev–Trinajstić information content (AvgIpc) is 2.91. The van der Waals surface area contributed by atoms with E-state index in [0.717, 1.165) is 18.5 Å². The number of ketones is 1. The molecule has 3 heterocycles. The van der Waals surface area contributed by atoms with Crippen molar-refractivity contribution >= 4 is 17.6 Å². The van der Waals surface area contributed by atoms with Crippen molar-refractivity contribution in [2.75, 3.05) is 33.3 Å². The molecule has 0 aliphatic carbocycles. The highest BCUT2D eigenvalue weighted by atomic mass is 16.5. The van der Waals surface area contributed by atoms with Gasteiger partial charge in [0, 0.05) is 45.3 Å². The predicted octanol–water partition coefficient (Wildman–Crippen LogP) is 0.942. The van der Waals surface area contributed by atoms with Crippen LogP contribution in [0.1, 0.15) is 47.9 Å². The minimum Gasteiger partial charge on any atom is -0.363 e. The molecule has 0 radical (unpaired) electrons. The van der Waals surface area contributed by atoms with Crippen LogP contribution in [0.15, 0.2) is 0 Å². The number of aromatic nitrogens is 2. The largest absolute Gasteiger partial charge is 0.363 e. The van der Waals surface area contributed by atoms with Crippen molar-refractivity contribution in [2.45, 2.75) is 52.2 Å². The molecule has 2 aliphatic rings. The second-order valence-corrected chi connectivity index (χ2v) is 7.68. The molecule has 2 saturated heterocycles. The molecule has 8 nitrogen and oxygen atoms in total. The van der Waals surface area contributed by atoms with Gasteiger partial charge in [-0.1, -0.05) is 0 Å². The standard InChI is InChI=1S/C19H28N4O4/c1-13-18(15(3)24)14(2)23(20-13)8-5-16(25)22-9-6-19(7-10-22)12-21(4)17(26)11-27-19/h5-12H2,1-4H3. The van der Waals surface area contributed by atoms with Crippen LogP contribution in [0.4, 0.5) is 0 Å². The number of amides is 2. The second kappa shape index (κ2) is 7.42. The summed E-state index contributed by atoms with van der Waals surface area (Å²) in [6.07, 6.45) is 1.83. The van der Waals surface area contributed by atoms with Crippen LogP contribution in [0.25, 0.3) is 0 Å². The lowest BCUT2D eigenvalue weighted by atomic mass is 9.89. The van der Waals surface area contributed by atoms with Crippen LogP contribution in [0, 0.1) is 13.8 Å². The Bertz CT molecular complexity index is 762. The second-order valence-electron chi connectivity index (χ2n) is 7.68. The maximum absolute atomic E-state index is 12.6. The van der Waals surface area contributed by atoms with E-state index in [1.54, 1.807) is 16.6 Å². The highest BCUT2D eigenvalue weighted by molar-refractivity contribution is 5.96. The molecular formula is C19H28N4O4. The number of aryl methyl sites for hydroxylation is 2. The molecule has 3 rings (SSSR count). The van der Waals surface area contributed by atoms with Gasteiger partial charge in [-0.15, -0.1) is 0 Å². The Labute approximate surface area is 159 Å². The SMILES string of the molecule is CC(=O)c1c(C)nn(CCC(=O)N2CCC3(CC2)CN(C)C(=O)CO3)c1C. The van der Waals surface area contributed by atoms with Gasteiger partial charge in [0.1, 0.15) is 6.61 Å². The zero-order valence-electron chi connectivity index (χ0n) is 16.6. The smallest absolute Gasteiger partial charge is 0.248 e. The number of likely N-dealkylation sites (N-methyl/N-ethyl adjacent to an activating group) is 1. The van der Waals surface area contributed by atoms with Crippen LogP contribution in [0.5, 0.6) is 0 Å². The molecule has 0 atom stereocenters. The van der Waals surface area contributed by atoms with Gasteiger partial charge in [0.2, 0.25) is 11.8 Å². The number of nitrogens with zero attached hydrogens (tertiary/aromatic N) is 4. The fourth-order valence-electron chi connectivity index (χ4n) is 4.14. The first-order chi connectivity index (χ1) is 12.7. The van der Waals surface area contributed by atoms with Gasteiger partial charge in [0.15, 0.2) is 5.78 Å². The summed E-state index contributed by atoms with van der Waals surface area (Å²) in [6, 6.07) is 0. The molecule has 148 valence electrons. The Morgan fingerprint density at radius 2 is 1.89 bits per heavy atom. The Morgan fingerprint density at radius 3 is 2.44 bits per heavy atom. The monoisotopic (exact) mass is 376 g/mol. The van der Waals surface area contributed by atoms with E-state index >= 15 is 0 Å². The molecule has 1 aromatic rings. The number of piperidine rings is 1. The van der Waals surface area contributed by atoms with Crippen molar-refractivity contribution in [2.24, 2.45) is 0 Å². The van der Waals surface area contributed by atoms with E-state index in [0.29, 0.717) is 43.9 Å². The third kappa shape index (κ3) is 3.90. The third-order valence-corrected chi connectivity index (χ3v) is 5.75. The van der Waals surface area contributed by atoms with Gasteiger partial charge in [-0.05, 0) is 33.6 Å². The van der Waals surface area contributed by atoms with Gasteiger partial charge in [-0.3, -0.25) is 19.1 Å². The number of hydrogen-bond donors (Lipinski definition) is 0. The predicted molar refractivity (Wildman–Crippen MR) is 98.5 cm³/mol. The van der Waals surface area contributed by atoms with Crippen molar-refractivity contribution in [3.8, 4) is 0 Å². The molecule has 0 bridgehead atoms. The van der Waals surface area contributed by atoms with E-state index in [4.69, 9.17) is 4.74 Å². The first-order valence-electron chi connectivity index (χ1n) is 9.43. The first-order valence-corrected chi connectivity index (χ1v) is 9.43. The summed E-state index contributed by atoms with van der Waals surface area (Å²) >= 11 is 0. The van der Waals surface area contributed by atoms with Crippen molar-refractivity contribution in [1.29, 1.82) is 0 Å². The van der Waals surface area contributed by atoms with Crippen LogP contribution in [-0.2, 0) is 20.9 Å². The minimum absolute atomic E-state index is 0.000151. The lowest BCUT2D eigenvalue weighted by molar-refractivity contribution is -0.170. The normalized spacial score (nSPS) is 19.6. The van der Waals surface area contributed by atoms with E-state index in [1.807, 2.05) is 18.7 Å². The van der Waals surface area contributed by atoms with Crippen LogP contribution >= 0.6 is 0 Å². The molecular weight excluding hydrogens is 348 g/mol. The summed E-state index contributed by atoms with van der Waals surface area (Å²) in [5.41, 5.74) is 1.86. The minimum atomic E-state index is -0.314. The number of carbonyl (C=O) groups excluding carboxylic acids is 3. The summed E-state index contributed by atoms with van der Waals surface area (Å²) in [5.74, 6) is 0.0933. The van der Waals surface area contributed by atoms with Gasteiger partial charge in [-0.25, -0.2) is 0 Å². The molecule has 2 fully saturated rings. The number of likely N-dealkylation sites (tertiary alicyclic amines) is 1. The van der Waals surface area contributed by atoms with Gasteiger partial charge < -0.3 is 14.5 Å². The zero-order chi connectivity index (χ0) is 19.8.